The Morgan fingerprint density at radius 1 is 0.338 bits per heavy atom. The fraction of sp³-hybridized carbons (Fsp3) is 0.155. The van der Waals surface area contributed by atoms with Gasteiger partial charge in [0.25, 0.3) is 6.71 Å². The number of benzene rings is 10. The highest BCUT2D eigenvalue weighted by molar-refractivity contribution is 7.02. The van der Waals surface area contributed by atoms with Crippen LogP contribution >= 0.6 is 0 Å². The van der Waals surface area contributed by atoms with Crippen LogP contribution in [-0.4, -0.2) is 13.4 Å². The van der Waals surface area contributed by atoms with Crippen molar-refractivity contribution in [1.29, 1.82) is 0 Å². The Balaban J connectivity index is 1.20. The fourth-order valence-electron chi connectivity index (χ4n) is 13.3. The molecule has 3 aliphatic heterocycles. The number of para-hydroxylation sites is 7. The normalized spacial score (nSPS) is 13.2. The largest absolute Gasteiger partial charge is 0.311 e. The Hall–Kier alpha value is -8.47. The first-order valence-corrected chi connectivity index (χ1v) is 27.8. The molecule has 374 valence electrons. The van der Waals surface area contributed by atoms with Gasteiger partial charge in [-0.1, -0.05) is 193 Å². The fourth-order valence-corrected chi connectivity index (χ4v) is 13.3. The molecule has 0 N–H and O–H groups in total. The number of hydrogen-bond acceptors (Lipinski definition) is 4. The average Bonchev–Trinajstić information content (AvgIpc) is 3.58. The van der Waals surface area contributed by atoms with Crippen molar-refractivity contribution in [1.82, 2.24) is 0 Å². The second-order valence-corrected chi connectivity index (χ2v) is 22.3. The maximum absolute atomic E-state index is 2.67. The van der Waals surface area contributed by atoms with Gasteiger partial charge in [-0.15, -0.1) is 0 Å². The second kappa shape index (κ2) is 19.3. The van der Waals surface area contributed by atoms with Gasteiger partial charge >= 0.3 is 0 Å². The molecule has 6 heteroatoms. The van der Waals surface area contributed by atoms with Crippen molar-refractivity contribution < 1.29 is 0 Å². The molecule has 0 aliphatic carbocycles. The monoisotopic (exact) mass is 995 g/mol. The van der Waals surface area contributed by atoms with Gasteiger partial charge in [0.2, 0.25) is 6.71 Å². The molecule has 0 aromatic heterocycles. The molecule has 0 atom stereocenters. The Labute approximate surface area is 457 Å². The summed E-state index contributed by atoms with van der Waals surface area (Å²) in [6, 6.07) is 84.0. The van der Waals surface area contributed by atoms with Crippen molar-refractivity contribution in [2.45, 2.75) is 73.1 Å². The van der Waals surface area contributed by atoms with E-state index in [9.17, 15) is 0 Å². The summed E-state index contributed by atoms with van der Waals surface area (Å²) >= 11 is 0. The van der Waals surface area contributed by atoms with Crippen LogP contribution in [0.5, 0.6) is 0 Å². The Bertz CT molecular complexity index is 3770. The molecular formula is C71H64B2N4. The zero-order valence-corrected chi connectivity index (χ0v) is 45.5. The van der Waals surface area contributed by atoms with Gasteiger partial charge in [-0.25, -0.2) is 0 Å². The summed E-state index contributed by atoms with van der Waals surface area (Å²) in [6.07, 6.45) is 0. The summed E-state index contributed by atoms with van der Waals surface area (Å²) in [4.78, 5) is 10.3. The summed E-state index contributed by atoms with van der Waals surface area (Å²) in [6.45, 7) is 18.9. The molecule has 0 spiro atoms. The molecule has 0 saturated heterocycles. The molecule has 0 bridgehead atoms. The summed E-state index contributed by atoms with van der Waals surface area (Å²) in [5.41, 5.74) is 28.8. The molecule has 10 aromatic rings. The van der Waals surface area contributed by atoms with Crippen LogP contribution in [0.3, 0.4) is 0 Å². The van der Waals surface area contributed by atoms with Gasteiger partial charge in [0, 0.05) is 62.6 Å². The highest BCUT2D eigenvalue weighted by atomic mass is 15.2. The Morgan fingerprint density at radius 3 is 1.14 bits per heavy atom. The lowest BCUT2D eigenvalue weighted by Crippen LogP contribution is -2.65. The van der Waals surface area contributed by atoms with E-state index in [1.54, 1.807) is 0 Å². The second-order valence-electron chi connectivity index (χ2n) is 22.3. The quantitative estimate of drug-likeness (QED) is 0.127. The maximum Gasteiger partial charge on any atom is 0.252 e. The minimum Gasteiger partial charge on any atom is -0.311 e. The summed E-state index contributed by atoms with van der Waals surface area (Å²) in [5.74, 6) is 1.03. The molecule has 77 heavy (non-hydrogen) atoms. The summed E-state index contributed by atoms with van der Waals surface area (Å²) < 4.78 is 0. The van der Waals surface area contributed by atoms with Crippen LogP contribution in [0.25, 0.3) is 0 Å². The SMILES string of the molecule is Cc1c(N(c2ccccc2)c2ccccc2)c(C)c2c3c1N(c1ccccc1)c1ccccc1B3c1cc3c(cc1N2c1ccccc1)N(c1ccccc1)c1ccccc1B3c1c(C(C)C)cc(C(C)C)cc1C(C)C. The van der Waals surface area contributed by atoms with E-state index >= 15 is 0 Å². The molecular weight excluding hydrogens is 930 g/mol. The molecule has 4 nitrogen and oxygen atoms in total. The molecule has 10 aromatic carbocycles. The van der Waals surface area contributed by atoms with Gasteiger partial charge in [0.05, 0.1) is 5.69 Å². The first-order valence-electron chi connectivity index (χ1n) is 27.8. The Kier molecular flexibility index (Phi) is 12.1. The lowest BCUT2D eigenvalue weighted by atomic mass is 9.30. The number of nitrogens with zero attached hydrogens (tertiary/aromatic N) is 4. The molecule has 13 rings (SSSR count). The van der Waals surface area contributed by atoms with Crippen LogP contribution in [0.15, 0.2) is 224 Å². The first kappa shape index (κ1) is 48.2. The summed E-state index contributed by atoms with van der Waals surface area (Å²) in [5, 5.41) is 0. The molecule has 3 heterocycles. The molecule has 0 saturated carbocycles. The topological polar surface area (TPSA) is 13.0 Å². The van der Waals surface area contributed by atoms with E-state index in [2.05, 4.69) is 299 Å². The molecule has 3 aliphatic rings. The van der Waals surface area contributed by atoms with Crippen LogP contribution in [-0.2, 0) is 0 Å². The van der Waals surface area contributed by atoms with E-state index in [0.717, 1.165) is 28.4 Å². The zero-order chi connectivity index (χ0) is 52.6. The van der Waals surface area contributed by atoms with E-state index in [1.807, 2.05) is 0 Å². The predicted octanol–water partition coefficient (Wildman–Crippen LogP) is 15.5. The highest BCUT2D eigenvalue weighted by Crippen LogP contribution is 2.53. The van der Waals surface area contributed by atoms with E-state index < -0.39 is 0 Å². The van der Waals surface area contributed by atoms with Crippen LogP contribution in [0, 0.1) is 13.8 Å². The van der Waals surface area contributed by atoms with E-state index in [0.29, 0.717) is 17.8 Å². The smallest absolute Gasteiger partial charge is 0.252 e. The minimum absolute atomic E-state index is 0.0377. The molecule has 0 unspecified atom stereocenters. The van der Waals surface area contributed by atoms with Gasteiger partial charge in [0.1, 0.15) is 0 Å². The third kappa shape index (κ3) is 7.74. The number of hydrogen-bond donors (Lipinski definition) is 0. The Morgan fingerprint density at radius 2 is 0.701 bits per heavy atom. The number of anilines is 12. The standard InChI is InChI=1S/C71H64B2N4/c1-46(2)51-42-57(47(3)4)67(58(43-51)48(5)6)72-59-38-24-26-40-63(59)75(54-32-18-11-19-33-54)65-45-66-62(44-61(65)72)73-60-39-25-27-41-64(60)76(55-34-20-12-21-35-55)70-49(7)69(50(8)71(68(70)73)77(66)56-36-22-13-23-37-56)74(52-28-14-9-15-29-52)53-30-16-10-17-31-53/h9-48H,1-8H3. The maximum atomic E-state index is 2.67. The van der Waals surface area contributed by atoms with E-state index in [4.69, 9.17) is 0 Å². The number of rotatable bonds is 10. The van der Waals surface area contributed by atoms with Crippen LogP contribution in [0.2, 0.25) is 0 Å². The van der Waals surface area contributed by atoms with Crippen molar-refractivity contribution in [2.75, 3.05) is 19.6 Å². The van der Waals surface area contributed by atoms with Crippen molar-refractivity contribution in [2.24, 2.45) is 0 Å². The highest BCUT2D eigenvalue weighted by Gasteiger charge is 2.48. The van der Waals surface area contributed by atoms with Crippen molar-refractivity contribution in [3.63, 3.8) is 0 Å². The minimum atomic E-state index is -0.106. The van der Waals surface area contributed by atoms with Crippen LogP contribution < -0.4 is 52.4 Å². The zero-order valence-electron chi connectivity index (χ0n) is 45.5. The number of fused-ring (bicyclic) bond motifs is 6. The van der Waals surface area contributed by atoms with Gasteiger partial charge in [-0.05, 0) is 166 Å². The van der Waals surface area contributed by atoms with Crippen LogP contribution in [0.1, 0.15) is 87.1 Å². The van der Waals surface area contributed by atoms with Gasteiger partial charge < -0.3 is 19.6 Å². The van der Waals surface area contributed by atoms with Crippen LogP contribution in [0.4, 0.5) is 68.2 Å². The lowest BCUT2D eigenvalue weighted by molar-refractivity contribution is 0.812. The third-order valence-corrected chi connectivity index (χ3v) is 16.7. The molecule has 0 amide bonds. The predicted molar refractivity (Wildman–Crippen MR) is 333 cm³/mol. The van der Waals surface area contributed by atoms with E-state index in [-0.39, 0.29) is 13.4 Å². The average molecular weight is 995 g/mol. The molecule has 0 radical (unpaired) electrons. The third-order valence-electron chi connectivity index (χ3n) is 16.7. The van der Waals surface area contributed by atoms with Crippen molar-refractivity contribution >= 4 is 114 Å². The van der Waals surface area contributed by atoms with Gasteiger partial charge in [0.15, 0.2) is 0 Å². The van der Waals surface area contributed by atoms with Crippen molar-refractivity contribution in [3.05, 3.63) is 252 Å². The first-order chi connectivity index (χ1) is 37.6. The lowest BCUT2D eigenvalue weighted by Gasteiger charge is -2.48. The van der Waals surface area contributed by atoms with E-state index in [1.165, 1.54) is 100 Å². The van der Waals surface area contributed by atoms with Gasteiger partial charge in [-0.2, -0.15) is 0 Å². The van der Waals surface area contributed by atoms with Crippen molar-refractivity contribution in [3.8, 4) is 0 Å². The molecule has 0 fully saturated rings. The summed E-state index contributed by atoms with van der Waals surface area (Å²) in [7, 11) is 0. The van der Waals surface area contributed by atoms with Gasteiger partial charge in [-0.3, -0.25) is 0 Å².